The number of benzene rings is 1. The number of aromatic hydroxyl groups is 1. The van der Waals surface area contributed by atoms with Gasteiger partial charge in [-0.25, -0.2) is 9.59 Å². The topological polar surface area (TPSA) is 119 Å². The van der Waals surface area contributed by atoms with Crippen LogP contribution in [0.5, 0.6) is 5.88 Å². The Labute approximate surface area is 216 Å². The van der Waals surface area contributed by atoms with Crippen molar-refractivity contribution in [3.8, 4) is 5.88 Å². The van der Waals surface area contributed by atoms with Crippen molar-refractivity contribution in [2.24, 2.45) is 0 Å². The molecule has 0 aliphatic carbocycles. The van der Waals surface area contributed by atoms with Crippen molar-refractivity contribution >= 4 is 51.6 Å². The minimum Gasteiger partial charge on any atom is -0.493 e. The van der Waals surface area contributed by atoms with Crippen LogP contribution >= 0.6 is 34.5 Å². The molecule has 1 atom stereocenters. The second-order valence-electron chi connectivity index (χ2n) is 7.33. The van der Waals surface area contributed by atoms with E-state index in [-0.39, 0.29) is 46.9 Å². The molecule has 9 nitrogen and oxygen atoms in total. The lowest BCUT2D eigenvalue weighted by atomic mass is 9.80. The SMILES string of the molecule is CCOC(=O)C1=C(COCCNc2nc(O)cs2)NC(C)=C(C(=O)OC)C1c1cccc(Cl)c1Cl. The molecule has 12 heteroatoms. The highest BCUT2D eigenvalue weighted by atomic mass is 35.5. The lowest BCUT2D eigenvalue weighted by molar-refractivity contribution is -0.139. The molecule has 0 saturated heterocycles. The number of nitrogens with one attached hydrogen (secondary N) is 2. The largest absolute Gasteiger partial charge is 0.493 e. The van der Waals surface area contributed by atoms with E-state index in [0.717, 1.165) is 0 Å². The number of rotatable bonds is 10. The molecule has 0 spiro atoms. The molecule has 1 aromatic heterocycles. The number of carbonyl (C=O) groups is 2. The first-order chi connectivity index (χ1) is 16.8. The van der Waals surface area contributed by atoms with Gasteiger partial charge in [0, 0.05) is 12.2 Å². The van der Waals surface area contributed by atoms with E-state index in [4.69, 9.17) is 37.4 Å². The zero-order chi connectivity index (χ0) is 25.5. The van der Waals surface area contributed by atoms with Crippen molar-refractivity contribution in [1.29, 1.82) is 0 Å². The number of methoxy groups -OCH3 is 1. The Bertz CT molecular complexity index is 1160. The predicted molar refractivity (Wildman–Crippen MR) is 134 cm³/mol. The first-order valence-electron chi connectivity index (χ1n) is 10.6. The van der Waals surface area contributed by atoms with Gasteiger partial charge in [-0.1, -0.05) is 35.3 Å². The van der Waals surface area contributed by atoms with Crippen LogP contribution in [-0.2, 0) is 23.8 Å². The van der Waals surface area contributed by atoms with Gasteiger partial charge in [0.2, 0.25) is 5.88 Å². The number of esters is 2. The maximum Gasteiger partial charge on any atom is 0.336 e. The van der Waals surface area contributed by atoms with Crippen molar-refractivity contribution in [1.82, 2.24) is 10.3 Å². The van der Waals surface area contributed by atoms with Crippen molar-refractivity contribution in [3.05, 3.63) is 61.7 Å². The molecular formula is C23H25Cl2N3O6S. The number of hydrogen-bond acceptors (Lipinski definition) is 10. The minimum atomic E-state index is -0.885. The average Bonchev–Trinajstić information content (AvgIpc) is 3.24. The summed E-state index contributed by atoms with van der Waals surface area (Å²) in [5.41, 5.74) is 1.78. The molecule has 1 aliphatic heterocycles. The third-order valence-electron chi connectivity index (χ3n) is 5.10. The van der Waals surface area contributed by atoms with Crippen molar-refractivity contribution in [3.63, 3.8) is 0 Å². The Morgan fingerprint density at radius 1 is 1.26 bits per heavy atom. The molecule has 3 N–H and O–H groups in total. The van der Waals surface area contributed by atoms with E-state index in [2.05, 4.69) is 15.6 Å². The summed E-state index contributed by atoms with van der Waals surface area (Å²) in [6.45, 7) is 4.25. The van der Waals surface area contributed by atoms with Crippen LogP contribution < -0.4 is 10.6 Å². The van der Waals surface area contributed by atoms with Gasteiger partial charge >= 0.3 is 11.9 Å². The standard InChI is InChI=1S/C23H25Cl2N3O6S/c1-4-34-22(31)19-15(10-33-9-8-26-23-28-16(29)11-35-23)27-12(2)17(21(30)32-3)18(19)13-6-5-7-14(24)20(13)25/h5-7,11,18,27,29H,4,8-10H2,1-3H3,(H,26,28). The van der Waals surface area contributed by atoms with Crippen LogP contribution in [0.4, 0.5) is 5.13 Å². The van der Waals surface area contributed by atoms with Crippen LogP contribution in [-0.4, -0.2) is 55.5 Å². The van der Waals surface area contributed by atoms with Crippen LogP contribution in [0.2, 0.25) is 10.0 Å². The van der Waals surface area contributed by atoms with Gasteiger partial charge in [-0.05, 0) is 25.5 Å². The molecule has 0 amide bonds. The summed E-state index contributed by atoms with van der Waals surface area (Å²) >= 11 is 14.1. The molecule has 1 aromatic carbocycles. The monoisotopic (exact) mass is 541 g/mol. The quantitative estimate of drug-likeness (QED) is 0.299. The van der Waals surface area contributed by atoms with E-state index < -0.39 is 17.9 Å². The van der Waals surface area contributed by atoms with Gasteiger partial charge in [-0.15, -0.1) is 11.3 Å². The number of ether oxygens (including phenoxy) is 3. The first kappa shape index (κ1) is 26.8. The number of hydrogen-bond donors (Lipinski definition) is 3. The summed E-state index contributed by atoms with van der Waals surface area (Å²) in [6.07, 6.45) is 0. The number of dihydropyridines is 1. The average molecular weight is 542 g/mol. The normalized spacial score (nSPS) is 15.6. The minimum absolute atomic E-state index is 0.0272. The smallest absolute Gasteiger partial charge is 0.336 e. The number of aromatic nitrogens is 1. The van der Waals surface area contributed by atoms with Gasteiger partial charge in [-0.3, -0.25) is 0 Å². The fourth-order valence-corrected chi connectivity index (χ4v) is 4.66. The highest BCUT2D eigenvalue weighted by Crippen LogP contribution is 2.43. The van der Waals surface area contributed by atoms with E-state index in [0.29, 0.717) is 28.6 Å². The second kappa shape index (κ2) is 12.3. The Morgan fingerprint density at radius 2 is 2.03 bits per heavy atom. The van der Waals surface area contributed by atoms with E-state index in [1.54, 1.807) is 32.0 Å². The number of allylic oxidation sites excluding steroid dienone is 1. The highest BCUT2D eigenvalue weighted by molar-refractivity contribution is 7.13. The highest BCUT2D eigenvalue weighted by Gasteiger charge is 2.40. The van der Waals surface area contributed by atoms with E-state index in [9.17, 15) is 14.7 Å². The van der Waals surface area contributed by atoms with Gasteiger partial charge in [0.25, 0.3) is 0 Å². The molecule has 0 saturated carbocycles. The van der Waals surface area contributed by atoms with Gasteiger partial charge in [0.1, 0.15) is 0 Å². The van der Waals surface area contributed by atoms with E-state index in [1.165, 1.54) is 23.8 Å². The van der Waals surface area contributed by atoms with Crippen LogP contribution in [0.1, 0.15) is 25.3 Å². The van der Waals surface area contributed by atoms with Gasteiger partial charge < -0.3 is 30.0 Å². The summed E-state index contributed by atoms with van der Waals surface area (Å²) in [6, 6.07) is 5.01. The summed E-state index contributed by atoms with van der Waals surface area (Å²) in [4.78, 5) is 29.9. The van der Waals surface area contributed by atoms with Crippen molar-refractivity contribution < 1.29 is 28.9 Å². The number of anilines is 1. The van der Waals surface area contributed by atoms with Gasteiger partial charge in [0.15, 0.2) is 5.13 Å². The molecule has 1 aliphatic rings. The molecule has 3 rings (SSSR count). The van der Waals surface area contributed by atoms with E-state index in [1.807, 2.05) is 0 Å². The fourth-order valence-electron chi connectivity index (χ4n) is 3.65. The zero-order valence-corrected chi connectivity index (χ0v) is 21.6. The summed E-state index contributed by atoms with van der Waals surface area (Å²) < 4.78 is 16.1. The Balaban J connectivity index is 1.94. The zero-order valence-electron chi connectivity index (χ0n) is 19.3. The Morgan fingerprint density at radius 3 is 2.69 bits per heavy atom. The molecule has 2 heterocycles. The molecule has 1 unspecified atom stereocenters. The van der Waals surface area contributed by atoms with Crippen LogP contribution in [0.15, 0.2) is 46.1 Å². The van der Waals surface area contributed by atoms with Crippen molar-refractivity contribution in [2.45, 2.75) is 19.8 Å². The number of carbonyl (C=O) groups excluding carboxylic acids is 2. The molecular weight excluding hydrogens is 517 g/mol. The van der Waals surface area contributed by atoms with Crippen LogP contribution in [0.3, 0.4) is 0 Å². The molecule has 188 valence electrons. The van der Waals surface area contributed by atoms with Crippen molar-refractivity contribution in [2.75, 3.05) is 38.8 Å². The third kappa shape index (κ3) is 6.26. The summed E-state index contributed by atoms with van der Waals surface area (Å²) in [7, 11) is 1.26. The van der Waals surface area contributed by atoms with Crippen LogP contribution in [0, 0.1) is 0 Å². The van der Waals surface area contributed by atoms with E-state index >= 15 is 0 Å². The maximum absolute atomic E-state index is 13.2. The Hall–Kier alpha value is -2.79. The maximum atomic E-state index is 13.2. The molecule has 0 radical (unpaired) electrons. The van der Waals surface area contributed by atoms with Gasteiger partial charge in [-0.2, -0.15) is 4.98 Å². The lowest BCUT2D eigenvalue weighted by Gasteiger charge is -2.31. The molecule has 0 fully saturated rings. The van der Waals surface area contributed by atoms with Crippen LogP contribution in [0.25, 0.3) is 0 Å². The number of halogens is 2. The molecule has 2 aromatic rings. The molecule has 35 heavy (non-hydrogen) atoms. The summed E-state index contributed by atoms with van der Waals surface area (Å²) in [5.74, 6) is -2.17. The third-order valence-corrected chi connectivity index (χ3v) is 6.72. The van der Waals surface area contributed by atoms with Gasteiger partial charge in [0.05, 0.1) is 65.1 Å². The first-order valence-corrected chi connectivity index (χ1v) is 12.3. The number of thiazole rings is 1. The summed E-state index contributed by atoms with van der Waals surface area (Å²) in [5, 5.41) is 18.0. The lowest BCUT2D eigenvalue weighted by Crippen LogP contribution is -2.35. The second-order valence-corrected chi connectivity index (χ2v) is 8.98. The molecule has 0 bridgehead atoms. The Kier molecular flexibility index (Phi) is 9.39. The number of nitrogens with zero attached hydrogens (tertiary/aromatic N) is 1. The predicted octanol–water partition coefficient (Wildman–Crippen LogP) is 4.24. The fraction of sp³-hybridized carbons (Fsp3) is 0.348.